The van der Waals surface area contributed by atoms with Gasteiger partial charge in [0, 0.05) is 6.61 Å². The van der Waals surface area contributed by atoms with E-state index in [9.17, 15) is 10.1 Å². The molecule has 1 aliphatic heterocycles. The molecule has 17 heavy (non-hydrogen) atoms. The second-order valence-electron chi connectivity index (χ2n) is 3.62. The third-order valence-electron chi connectivity index (χ3n) is 2.43. The SMILES string of the molecule is Nc1ncnc(OCC2CCCO2)c1[N+](=O)[O-]. The average molecular weight is 240 g/mol. The van der Waals surface area contributed by atoms with E-state index in [0.717, 1.165) is 19.2 Å². The minimum atomic E-state index is -0.653. The molecule has 0 aromatic carbocycles. The lowest BCUT2D eigenvalue weighted by Gasteiger charge is -2.10. The lowest BCUT2D eigenvalue weighted by molar-refractivity contribution is -0.385. The maximum absolute atomic E-state index is 10.8. The van der Waals surface area contributed by atoms with Crippen LogP contribution in [0.1, 0.15) is 12.8 Å². The Hall–Kier alpha value is -1.96. The van der Waals surface area contributed by atoms with Gasteiger partial charge in [-0.15, -0.1) is 0 Å². The number of nitrogens with two attached hydrogens (primary N) is 1. The maximum Gasteiger partial charge on any atom is 0.372 e. The molecule has 2 rings (SSSR count). The van der Waals surface area contributed by atoms with Gasteiger partial charge in [0.15, 0.2) is 0 Å². The van der Waals surface area contributed by atoms with Gasteiger partial charge in [0.25, 0.3) is 5.88 Å². The van der Waals surface area contributed by atoms with Crippen LogP contribution in [0.2, 0.25) is 0 Å². The minimum Gasteiger partial charge on any atom is -0.470 e. The summed E-state index contributed by atoms with van der Waals surface area (Å²) in [5.41, 5.74) is 5.00. The Morgan fingerprint density at radius 3 is 3.12 bits per heavy atom. The molecule has 8 nitrogen and oxygen atoms in total. The molecule has 0 amide bonds. The van der Waals surface area contributed by atoms with Crippen molar-refractivity contribution in [2.45, 2.75) is 18.9 Å². The zero-order chi connectivity index (χ0) is 12.3. The summed E-state index contributed by atoms with van der Waals surface area (Å²) in [6, 6.07) is 0. The van der Waals surface area contributed by atoms with Gasteiger partial charge in [-0.3, -0.25) is 10.1 Å². The van der Waals surface area contributed by atoms with Gasteiger partial charge in [-0.2, -0.15) is 4.98 Å². The van der Waals surface area contributed by atoms with Gasteiger partial charge in [0.05, 0.1) is 11.0 Å². The first kappa shape index (κ1) is 11.5. The fourth-order valence-corrected chi connectivity index (χ4v) is 1.60. The zero-order valence-corrected chi connectivity index (χ0v) is 9.04. The summed E-state index contributed by atoms with van der Waals surface area (Å²) in [5, 5.41) is 10.8. The van der Waals surface area contributed by atoms with Crippen LogP contribution in [0.15, 0.2) is 6.33 Å². The van der Waals surface area contributed by atoms with Gasteiger partial charge in [0.1, 0.15) is 12.9 Å². The predicted octanol–water partition coefficient (Wildman–Crippen LogP) is 0.525. The summed E-state index contributed by atoms with van der Waals surface area (Å²) >= 11 is 0. The van der Waals surface area contributed by atoms with Gasteiger partial charge in [0.2, 0.25) is 5.82 Å². The molecular weight excluding hydrogens is 228 g/mol. The second kappa shape index (κ2) is 4.91. The van der Waals surface area contributed by atoms with E-state index in [1.165, 1.54) is 0 Å². The van der Waals surface area contributed by atoms with Crippen LogP contribution in [-0.2, 0) is 4.74 Å². The lowest BCUT2D eigenvalue weighted by atomic mass is 10.2. The van der Waals surface area contributed by atoms with Gasteiger partial charge in [-0.05, 0) is 12.8 Å². The van der Waals surface area contributed by atoms with Crippen molar-refractivity contribution in [2.75, 3.05) is 18.9 Å². The van der Waals surface area contributed by atoms with Crippen LogP contribution in [0.5, 0.6) is 5.88 Å². The molecule has 1 aliphatic rings. The number of anilines is 1. The molecule has 0 aliphatic carbocycles. The monoisotopic (exact) mass is 240 g/mol. The van der Waals surface area contributed by atoms with E-state index >= 15 is 0 Å². The molecule has 92 valence electrons. The first-order valence-electron chi connectivity index (χ1n) is 5.17. The third kappa shape index (κ3) is 2.59. The van der Waals surface area contributed by atoms with Gasteiger partial charge in [-0.1, -0.05) is 0 Å². The summed E-state index contributed by atoms with van der Waals surface area (Å²) in [4.78, 5) is 17.4. The minimum absolute atomic E-state index is 0.0363. The van der Waals surface area contributed by atoms with Crippen molar-refractivity contribution in [3.63, 3.8) is 0 Å². The lowest BCUT2D eigenvalue weighted by Crippen LogP contribution is -2.17. The standard InChI is InChI=1S/C9H12N4O4/c10-8-7(13(14)15)9(12-5-11-8)17-4-6-2-1-3-16-6/h5-6H,1-4H2,(H2,10,11,12). The van der Waals surface area contributed by atoms with Crippen molar-refractivity contribution in [2.24, 2.45) is 0 Å². The summed E-state index contributed by atoms with van der Waals surface area (Å²) in [6.45, 7) is 0.930. The number of nitro groups is 1. The number of nitrogens with zero attached hydrogens (tertiary/aromatic N) is 3. The van der Waals surface area contributed by atoms with E-state index in [4.69, 9.17) is 15.2 Å². The molecule has 1 saturated heterocycles. The van der Waals surface area contributed by atoms with E-state index in [1.54, 1.807) is 0 Å². The molecule has 1 fully saturated rings. The van der Waals surface area contributed by atoms with E-state index in [2.05, 4.69) is 9.97 Å². The molecule has 1 atom stereocenters. The molecule has 2 heterocycles. The number of hydrogen-bond acceptors (Lipinski definition) is 7. The van der Waals surface area contributed by atoms with Crippen LogP contribution in [0, 0.1) is 10.1 Å². The van der Waals surface area contributed by atoms with Gasteiger partial charge in [-0.25, -0.2) is 4.98 Å². The highest BCUT2D eigenvalue weighted by Crippen LogP contribution is 2.28. The van der Waals surface area contributed by atoms with Crippen molar-refractivity contribution in [3.05, 3.63) is 16.4 Å². The van der Waals surface area contributed by atoms with E-state index in [0.29, 0.717) is 6.61 Å². The molecule has 8 heteroatoms. The summed E-state index contributed by atoms with van der Waals surface area (Å²) in [5.74, 6) is -0.314. The van der Waals surface area contributed by atoms with Crippen molar-refractivity contribution < 1.29 is 14.4 Å². The van der Waals surface area contributed by atoms with Crippen LogP contribution in [0.25, 0.3) is 0 Å². The summed E-state index contributed by atoms with van der Waals surface area (Å²) in [6.07, 6.45) is 2.95. The maximum atomic E-state index is 10.8. The number of aromatic nitrogens is 2. The Kier molecular flexibility index (Phi) is 3.33. The van der Waals surface area contributed by atoms with Crippen LogP contribution >= 0.6 is 0 Å². The predicted molar refractivity (Wildman–Crippen MR) is 57.6 cm³/mol. The normalized spacial score (nSPS) is 19.2. The largest absolute Gasteiger partial charge is 0.470 e. The van der Waals surface area contributed by atoms with E-state index < -0.39 is 10.6 Å². The second-order valence-corrected chi connectivity index (χ2v) is 3.62. The highest BCUT2D eigenvalue weighted by molar-refractivity contribution is 5.57. The Labute approximate surface area is 96.9 Å². The fourth-order valence-electron chi connectivity index (χ4n) is 1.60. The topological polar surface area (TPSA) is 113 Å². The van der Waals surface area contributed by atoms with Crippen LogP contribution in [0.4, 0.5) is 11.5 Å². The molecule has 0 saturated carbocycles. The number of nitrogen functional groups attached to an aromatic ring is 1. The van der Waals surface area contributed by atoms with Crippen molar-refractivity contribution in [3.8, 4) is 5.88 Å². The first-order valence-corrected chi connectivity index (χ1v) is 5.17. The van der Waals surface area contributed by atoms with E-state index in [-0.39, 0.29) is 24.4 Å². The van der Waals surface area contributed by atoms with Crippen molar-refractivity contribution in [1.29, 1.82) is 0 Å². The number of ether oxygens (including phenoxy) is 2. The summed E-state index contributed by atoms with van der Waals surface area (Å²) in [7, 11) is 0. The molecule has 0 bridgehead atoms. The quantitative estimate of drug-likeness (QED) is 0.602. The highest BCUT2D eigenvalue weighted by Gasteiger charge is 2.24. The third-order valence-corrected chi connectivity index (χ3v) is 2.43. The Morgan fingerprint density at radius 1 is 1.65 bits per heavy atom. The highest BCUT2D eigenvalue weighted by atomic mass is 16.6. The van der Waals surface area contributed by atoms with Crippen molar-refractivity contribution >= 4 is 11.5 Å². The number of rotatable bonds is 4. The van der Waals surface area contributed by atoms with E-state index in [1.807, 2.05) is 0 Å². The van der Waals surface area contributed by atoms with Gasteiger partial charge < -0.3 is 15.2 Å². The van der Waals surface area contributed by atoms with Crippen LogP contribution < -0.4 is 10.5 Å². The first-order chi connectivity index (χ1) is 8.18. The molecule has 1 unspecified atom stereocenters. The molecule has 0 spiro atoms. The van der Waals surface area contributed by atoms with Crippen molar-refractivity contribution in [1.82, 2.24) is 9.97 Å². The Balaban J connectivity index is 2.09. The molecular formula is C9H12N4O4. The smallest absolute Gasteiger partial charge is 0.372 e. The molecule has 2 N–H and O–H groups in total. The average Bonchev–Trinajstić information content (AvgIpc) is 2.78. The zero-order valence-electron chi connectivity index (χ0n) is 9.04. The molecule has 0 radical (unpaired) electrons. The van der Waals surface area contributed by atoms with Crippen LogP contribution in [-0.4, -0.2) is 34.2 Å². The molecule has 1 aromatic rings. The summed E-state index contributed by atoms with van der Waals surface area (Å²) < 4.78 is 10.6. The molecule has 1 aromatic heterocycles. The Bertz CT molecular complexity index is 419. The Morgan fingerprint density at radius 2 is 2.47 bits per heavy atom. The number of hydrogen-bond donors (Lipinski definition) is 1. The fraction of sp³-hybridized carbons (Fsp3) is 0.556. The van der Waals surface area contributed by atoms with Crippen LogP contribution in [0.3, 0.4) is 0 Å². The van der Waals surface area contributed by atoms with Gasteiger partial charge >= 0.3 is 5.69 Å².